The number of aryl methyl sites for hydroxylation is 1. The minimum atomic E-state index is -0.262. The molecule has 0 unspecified atom stereocenters. The molecule has 7 heteroatoms. The van der Waals surface area contributed by atoms with Gasteiger partial charge in [0, 0.05) is 25.7 Å². The maximum Gasteiger partial charge on any atom is 0.131 e. The maximum absolute atomic E-state index is 13.5. The molecule has 0 amide bonds. The molecule has 186 valence electrons. The van der Waals surface area contributed by atoms with E-state index in [0.717, 1.165) is 71.9 Å². The van der Waals surface area contributed by atoms with Gasteiger partial charge in [-0.3, -0.25) is 4.90 Å². The van der Waals surface area contributed by atoms with Crippen molar-refractivity contribution in [1.29, 1.82) is 0 Å². The number of likely N-dealkylation sites (tertiary alicyclic amines) is 1. The Morgan fingerprint density at radius 1 is 1.03 bits per heavy atom. The summed E-state index contributed by atoms with van der Waals surface area (Å²) in [6.07, 6.45) is 3.91. The Balaban J connectivity index is 1.47. The molecule has 1 aliphatic rings. The number of pyridine rings is 1. The first-order valence-electron chi connectivity index (χ1n) is 12.4. The highest BCUT2D eigenvalue weighted by Crippen LogP contribution is 2.40. The lowest BCUT2D eigenvalue weighted by molar-refractivity contribution is 0.210. The molecule has 3 aromatic rings. The molecule has 1 saturated heterocycles. The van der Waals surface area contributed by atoms with E-state index >= 15 is 0 Å². The summed E-state index contributed by atoms with van der Waals surface area (Å²) < 4.78 is 25.6. The van der Waals surface area contributed by atoms with Crippen LogP contribution in [0.2, 0.25) is 0 Å². The first-order valence-corrected chi connectivity index (χ1v) is 12.4. The Hall–Kier alpha value is -3.32. The molecular weight excluding hydrogens is 443 g/mol. The SMILES string of the molecule is CCOc1cc(CN2CCC(Nc3cnc(N)c(C)c3)CC2)cc(OCC)c1-c1ccc(F)cc1. The number of hydrogen-bond acceptors (Lipinski definition) is 6. The van der Waals surface area contributed by atoms with Gasteiger partial charge < -0.3 is 20.5 Å². The fourth-order valence-corrected chi connectivity index (χ4v) is 4.57. The number of halogens is 1. The van der Waals surface area contributed by atoms with Crippen LogP contribution in [0.1, 0.15) is 37.8 Å². The van der Waals surface area contributed by atoms with Gasteiger partial charge in [-0.2, -0.15) is 0 Å². The van der Waals surface area contributed by atoms with E-state index in [0.29, 0.717) is 25.1 Å². The third kappa shape index (κ3) is 6.22. The van der Waals surface area contributed by atoms with Crippen LogP contribution < -0.4 is 20.5 Å². The van der Waals surface area contributed by atoms with E-state index < -0.39 is 0 Å². The van der Waals surface area contributed by atoms with Crippen molar-refractivity contribution in [3.8, 4) is 22.6 Å². The topological polar surface area (TPSA) is 72.6 Å². The molecule has 0 atom stereocenters. The Morgan fingerprint density at radius 3 is 2.23 bits per heavy atom. The van der Waals surface area contributed by atoms with Crippen molar-refractivity contribution in [2.75, 3.05) is 37.4 Å². The third-order valence-corrected chi connectivity index (χ3v) is 6.34. The predicted molar refractivity (Wildman–Crippen MR) is 139 cm³/mol. The normalized spacial score (nSPS) is 14.6. The molecule has 35 heavy (non-hydrogen) atoms. The minimum Gasteiger partial charge on any atom is -0.493 e. The number of rotatable bonds is 9. The van der Waals surface area contributed by atoms with Crippen molar-refractivity contribution < 1.29 is 13.9 Å². The summed E-state index contributed by atoms with van der Waals surface area (Å²) in [5.74, 6) is 1.85. The molecule has 1 aliphatic heterocycles. The van der Waals surface area contributed by atoms with Crippen LogP contribution in [0.25, 0.3) is 11.1 Å². The number of hydrogen-bond donors (Lipinski definition) is 2. The standard InChI is InChI=1S/C28H35FN4O2/c1-4-34-25-15-20(16-26(35-5-2)27(25)21-6-8-22(29)9-7-21)18-33-12-10-23(11-13-33)32-24-14-19(3)28(30)31-17-24/h6-9,14-17,23,32H,4-5,10-13,18H2,1-3H3,(H2,30,31). The highest BCUT2D eigenvalue weighted by Gasteiger charge is 2.21. The number of ether oxygens (including phenoxy) is 2. The summed E-state index contributed by atoms with van der Waals surface area (Å²) >= 11 is 0. The monoisotopic (exact) mass is 478 g/mol. The van der Waals surface area contributed by atoms with Crippen LogP contribution in [-0.2, 0) is 6.54 Å². The molecule has 0 radical (unpaired) electrons. The van der Waals surface area contributed by atoms with E-state index in [9.17, 15) is 4.39 Å². The zero-order chi connectivity index (χ0) is 24.8. The quantitative estimate of drug-likeness (QED) is 0.414. The number of nitrogens with one attached hydrogen (secondary N) is 1. The number of aromatic nitrogens is 1. The van der Waals surface area contributed by atoms with Gasteiger partial charge in [-0.15, -0.1) is 0 Å². The van der Waals surface area contributed by atoms with Crippen LogP contribution in [0.4, 0.5) is 15.9 Å². The molecule has 1 aromatic heterocycles. The average Bonchev–Trinajstić information content (AvgIpc) is 2.84. The van der Waals surface area contributed by atoms with Gasteiger partial charge in [0.05, 0.1) is 30.7 Å². The Labute approximate surface area is 207 Å². The molecule has 2 aromatic carbocycles. The molecular formula is C28H35FN4O2. The van der Waals surface area contributed by atoms with Crippen LogP contribution >= 0.6 is 0 Å². The Morgan fingerprint density at radius 2 is 1.66 bits per heavy atom. The summed E-state index contributed by atoms with van der Waals surface area (Å²) in [6.45, 7) is 9.80. The van der Waals surface area contributed by atoms with E-state index in [4.69, 9.17) is 15.2 Å². The fourth-order valence-electron chi connectivity index (χ4n) is 4.57. The molecule has 4 rings (SSSR count). The number of nitrogens with two attached hydrogens (primary N) is 1. The summed E-state index contributed by atoms with van der Waals surface area (Å²) in [5.41, 5.74) is 10.8. The maximum atomic E-state index is 13.5. The molecule has 0 bridgehead atoms. The lowest BCUT2D eigenvalue weighted by atomic mass is 9.99. The van der Waals surface area contributed by atoms with Crippen molar-refractivity contribution in [1.82, 2.24) is 9.88 Å². The van der Waals surface area contributed by atoms with Gasteiger partial charge in [-0.1, -0.05) is 12.1 Å². The summed E-state index contributed by atoms with van der Waals surface area (Å²) in [6, 6.07) is 13.1. The largest absolute Gasteiger partial charge is 0.493 e. The van der Waals surface area contributed by atoms with Gasteiger partial charge in [-0.25, -0.2) is 9.37 Å². The first-order chi connectivity index (χ1) is 17.0. The van der Waals surface area contributed by atoms with Crippen LogP contribution in [0.3, 0.4) is 0 Å². The van der Waals surface area contributed by atoms with Crippen LogP contribution in [0.5, 0.6) is 11.5 Å². The van der Waals surface area contributed by atoms with Crippen molar-refractivity contribution in [3.05, 3.63) is 65.6 Å². The minimum absolute atomic E-state index is 0.262. The van der Waals surface area contributed by atoms with E-state index in [1.807, 2.05) is 27.0 Å². The second-order valence-corrected chi connectivity index (χ2v) is 8.96. The molecule has 0 aliphatic carbocycles. The number of anilines is 2. The van der Waals surface area contributed by atoms with E-state index in [2.05, 4.69) is 33.4 Å². The summed E-state index contributed by atoms with van der Waals surface area (Å²) in [4.78, 5) is 6.72. The summed E-state index contributed by atoms with van der Waals surface area (Å²) in [5, 5.41) is 3.60. The van der Waals surface area contributed by atoms with Gasteiger partial charge in [0.25, 0.3) is 0 Å². The summed E-state index contributed by atoms with van der Waals surface area (Å²) in [7, 11) is 0. The van der Waals surface area contributed by atoms with E-state index in [1.54, 1.807) is 12.1 Å². The van der Waals surface area contributed by atoms with Gasteiger partial charge in [0.15, 0.2) is 0 Å². The van der Waals surface area contributed by atoms with Gasteiger partial charge in [0.1, 0.15) is 23.1 Å². The van der Waals surface area contributed by atoms with Gasteiger partial charge in [-0.05, 0) is 80.6 Å². The second-order valence-electron chi connectivity index (χ2n) is 8.96. The number of benzene rings is 2. The van der Waals surface area contributed by atoms with Crippen molar-refractivity contribution in [2.24, 2.45) is 0 Å². The highest BCUT2D eigenvalue weighted by atomic mass is 19.1. The first kappa shape index (κ1) is 24.8. The molecule has 0 spiro atoms. The highest BCUT2D eigenvalue weighted by molar-refractivity contribution is 5.77. The smallest absolute Gasteiger partial charge is 0.131 e. The van der Waals surface area contributed by atoms with Crippen LogP contribution in [-0.4, -0.2) is 42.2 Å². The average molecular weight is 479 g/mol. The van der Waals surface area contributed by atoms with E-state index in [1.165, 1.54) is 12.1 Å². The number of piperidine rings is 1. The number of nitrogen functional groups attached to an aromatic ring is 1. The second kappa shape index (κ2) is 11.4. The fraction of sp³-hybridized carbons (Fsp3) is 0.393. The van der Waals surface area contributed by atoms with Gasteiger partial charge in [0.2, 0.25) is 0 Å². The van der Waals surface area contributed by atoms with Crippen LogP contribution in [0, 0.1) is 12.7 Å². The van der Waals surface area contributed by atoms with Gasteiger partial charge >= 0.3 is 0 Å². The molecule has 1 fully saturated rings. The Kier molecular flexibility index (Phi) is 8.08. The lowest BCUT2D eigenvalue weighted by Gasteiger charge is -2.33. The predicted octanol–water partition coefficient (Wildman–Crippen LogP) is 5.65. The third-order valence-electron chi connectivity index (χ3n) is 6.34. The van der Waals surface area contributed by atoms with Crippen molar-refractivity contribution in [3.63, 3.8) is 0 Å². The zero-order valence-electron chi connectivity index (χ0n) is 20.8. The molecule has 0 saturated carbocycles. The van der Waals surface area contributed by atoms with Crippen molar-refractivity contribution >= 4 is 11.5 Å². The molecule has 3 N–H and O–H groups in total. The van der Waals surface area contributed by atoms with Crippen LogP contribution in [0.15, 0.2) is 48.7 Å². The Bertz CT molecular complexity index is 1100. The van der Waals surface area contributed by atoms with Crippen molar-refractivity contribution in [2.45, 2.75) is 46.2 Å². The van der Waals surface area contributed by atoms with E-state index in [-0.39, 0.29) is 5.82 Å². The molecule has 6 nitrogen and oxygen atoms in total. The number of nitrogens with zero attached hydrogens (tertiary/aromatic N) is 2. The molecule has 2 heterocycles. The zero-order valence-corrected chi connectivity index (χ0v) is 20.8. The lowest BCUT2D eigenvalue weighted by Crippen LogP contribution is -2.38.